The molecule has 0 amide bonds. The van der Waals surface area contributed by atoms with E-state index in [-0.39, 0.29) is 5.97 Å². The van der Waals surface area contributed by atoms with Crippen LogP contribution in [0.15, 0.2) is 5.16 Å². The molecule has 0 aromatic rings. The highest BCUT2D eigenvalue weighted by Gasteiger charge is 2.24. The van der Waals surface area contributed by atoms with E-state index in [4.69, 9.17) is 9.26 Å². The highest BCUT2D eigenvalue weighted by Crippen LogP contribution is 2.10. The molecule has 0 aliphatic rings. The highest BCUT2D eigenvalue weighted by molar-refractivity contribution is 6.72. The van der Waals surface area contributed by atoms with Crippen LogP contribution in [0.5, 0.6) is 0 Å². The van der Waals surface area contributed by atoms with Gasteiger partial charge in [-0.3, -0.25) is 0 Å². The third-order valence-corrected chi connectivity index (χ3v) is 2.35. The molecule has 0 N–H and O–H groups in total. The van der Waals surface area contributed by atoms with Crippen molar-refractivity contribution in [1.29, 1.82) is 0 Å². The average molecular weight is 259 g/mol. The Bertz CT molecular complexity index is 287. The molecule has 0 aliphatic carbocycles. The van der Waals surface area contributed by atoms with Gasteiger partial charge in [0, 0.05) is 6.42 Å². The second-order valence-electron chi connectivity index (χ2n) is 5.99. The number of hydrogen-bond acceptors (Lipinski definition) is 4. The van der Waals surface area contributed by atoms with Gasteiger partial charge in [0.15, 0.2) is 5.71 Å². The van der Waals surface area contributed by atoms with Crippen molar-refractivity contribution in [2.24, 2.45) is 5.16 Å². The first-order chi connectivity index (χ1) is 7.55. The number of carbonyl (C=O) groups excluding carboxylic acids is 1. The van der Waals surface area contributed by atoms with Crippen molar-refractivity contribution < 1.29 is 14.1 Å². The Hall–Kier alpha value is -0.843. The molecule has 0 aromatic carbocycles. The Kier molecular flexibility index (Phi) is 5.88. The molecule has 0 unspecified atom stereocenters. The van der Waals surface area contributed by atoms with E-state index < -0.39 is 13.9 Å². The van der Waals surface area contributed by atoms with E-state index in [1.807, 2.05) is 47.3 Å². The predicted molar refractivity (Wildman–Crippen MR) is 72.6 cm³/mol. The van der Waals surface area contributed by atoms with Crippen LogP contribution in [0.1, 0.15) is 40.5 Å². The van der Waals surface area contributed by atoms with E-state index in [2.05, 4.69) is 5.16 Å². The van der Waals surface area contributed by atoms with E-state index in [0.29, 0.717) is 12.1 Å². The molecule has 0 atom stereocenters. The Morgan fingerprint density at radius 3 is 2.12 bits per heavy atom. The van der Waals surface area contributed by atoms with Crippen molar-refractivity contribution in [2.75, 3.05) is 0 Å². The molecule has 4 nitrogen and oxygen atoms in total. The third kappa shape index (κ3) is 8.91. The monoisotopic (exact) mass is 259 g/mol. The Morgan fingerprint density at radius 2 is 1.76 bits per heavy atom. The molecule has 0 bridgehead atoms. The van der Waals surface area contributed by atoms with Crippen molar-refractivity contribution >= 4 is 20.0 Å². The Morgan fingerprint density at radius 1 is 1.24 bits per heavy atom. The van der Waals surface area contributed by atoms with Gasteiger partial charge in [0.2, 0.25) is 8.32 Å². The van der Waals surface area contributed by atoms with E-state index in [0.717, 1.165) is 6.42 Å². The molecule has 17 heavy (non-hydrogen) atoms. The minimum atomic E-state index is -1.87. The van der Waals surface area contributed by atoms with Gasteiger partial charge >= 0.3 is 5.97 Å². The smallest absolute Gasteiger partial charge is 0.342 e. The van der Waals surface area contributed by atoms with Gasteiger partial charge in [-0.2, -0.15) is 0 Å². The largest absolute Gasteiger partial charge is 0.515 e. The SMILES string of the molecule is CCC/C(=N\OC(C)(C)C)C(=O)O[Si](C)(C)C. The number of oxime groups is 1. The minimum absolute atomic E-state index is 0.338. The second kappa shape index (κ2) is 6.19. The Balaban J connectivity index is 4.68. The Labute approximate surface area is 105 Å². The highest BCUT2D eigenvalue weighted by atomic mass is 28.4. The van der Waals surface area contributed by atoms with Crippen molar-refractivity contribution in [1.82, 2.24) is 0 Å². The summed E-state index contributed by atoms with van der Waals surface area (Å²) in [5, 5.41) is 3.93. The lowest BCUT2D eigenvalue weighted by Crippen LogP contribution is -2.33. The number of carbonyl (C=O) groups is 1. The summed E-state index contributed by atoms with van der Waals surface area (Å²) in [6.07, 6.45) is 1.42. The molecule has 0 spiro atoms. The van der Waals surface area contributed by atoms with E-state index in [1.165, 1.54) is 0 Å². The molecule has 0 radical (unpaired) electrons. The summed E-state index contributed by atoms with van der Waals surface area (Å²) in [6, 6.07) is 0. The first-order valence-electron chi connectivity index (χ1n) is 6.03. The van der Waals surface area contributed by atoms with E-state index >= 15 is 0 Å². The van der Waals surface area contributed by atoms with Crippen LogP contribution in [-0.4, -0.2) is 25.6 Å². The fourth-order valence-electron chi connectivity index (χ4n) is 0.951. The van der Waals surface area contributed by atoms with E-state index in [1.54, 1.807) is 0 Å². The van der Waals surface area contributed by atoms with Crippen LogP contribution in [0.3, 0.4) is 0 Å². The molecule has 0 aliphatic heterocycles. The first kappa shape index (κ1) is 16.2. The van der Waals surface area contributed by atoms with Crippen LogP contribution in [0, 0.1) is 0 Å². The predicted octanol–water partition coefficient (Wildman–Crippen LogP) is 3.34. The average Bonchev–Trinajstić information content (AvgIpc) is 2.07. The summed E-state index contributed by atoms with van der Waals surface area (Å²) in [4.78, 5) is 17.1. The summed E-state index contributed by atoms with van der Waals surface area (Å²) in [6.45, 7) is 13.6. The van der Waals surface area contributed by atoms with Crippen LogP contribution in [0.2, 0.25) is 19.6 Å². The van der Waals surface area contributed by atoms with Gasteiger partial charge in [-0.15, -0.1) is 0 Å². The van der Waals surface area contributed by atoms with Gasteiger partial charge in [-0.1, -0.05) is 18.5 Å². The molecular formula is C12H25NO3Si. The normalized spacial score (nSPS) is 13.5. The van der Waals surface area contributed by atoms with E-state index in [9.17, 15) is 4.79 Å². The van der Waals surface area contributed by atoms with Crippen molar-refractivity contribution in [2.45, 2.75) is 65.8 Å². The van der Waals surface area contributed by atoms with Crippen LogP contribution < -0.4 is 0 Å². The fraction of sp³-hybridized carbons (Fsp3) is 0.833. The third-order valence-electron chi connectivity index (χ3n) is 1.55. The molecule has 0 saturated heterocycles. The van der Waals surface area contributed by atoms with Gasteiger partial charge in [0.1, 0.15) is 5.60 Å². The zero-order valence-corrected chi connectivity index (χ0v) is 13.1. The molecule has 100 valence electrons. The van der Waals surface area contributed by atoms with Crippen molar-refractivity contribution in [3.8, 4) is 0 Å². The summed E-state index contributed by atoms with van der Waals surface area (Å²) >= 11 is 0. The van der Waals surface area contributed by atoms with Gasteiger partial charge in [-0.05, 0) is 40.4 Å². The maximum atomic E-state index is 11.9. The molecule has 0 saturated carbocycles. The van der Waals surface area contributed by atoms with Gasteiger partial charge in [0.05, 0.1) is 0 Å². The lowest BCUT2D eigenvalue weighted by Gasteiger charge is -2.19. The van der Waals surface area contributed by atoms with Gasteiger partial charge < -0.3 is 9.26 Å². The number of hydrogen-bond donors (Lipinski definition) is 0. The minimum Gasteiger partial charge on any atom is -0.515 e. The van der Waals surface area contributed by atoms with Gasteiger partial charge in [-0.25, -0.2) is 4.79 Å². The quantitative estimate of drug-likeness (QED) is 0.432. The lowest BCUT2D eigenvalue weighted by molar-refractivity contribution is -0.128. The molecule has 5 heteroatoms. The number of nitrogens with zero attached hydrogens (tertiary/aromatic N) is 1. The topological polar surface area (TPSA) is 47.9 Å². The maximum Gasteiger partial charge on any atom is 0.342 e. The number of rotatable bonds is 5. The van der Waals surface area contributed by atoms with Gasteiger partial charge in [0.25, 0.3) is 0 Å². The lowest BCUT2D eigenvalue weighted by atomic mass is 10.2. The summed E-state index contributed by atoms with van der Waals surface area (Å²) < 4.78 is 5.41. The maximum absolute atomic E-state index is 11.9. The summed E-state index contributed by atoms with van der Waals surface area (Å²) in [7, 11) is -1.87. The second-order valence-corrected chi connectivity index (χ2v) is 10.4. The molecule has 0 aromatic heterocycles. The van der Waals surface area contributed by atoms with Crippen LogP contribution >= 0.6 is 0 Å². The zero-order chi connectivity index (χ0) is 13.7. The molecular weight excluding hydrogens is 234 g/mol. The summed E-state index contributed by atoms with van der Waals surface area (Å²) in [5.74, 6) is -0.338. The molecule has 0 heterocycles. The first-order valence-corrected chi connectivity index (χ1v) is 9.44. The zero-order valence-electron chi connectivity index (χ0n) is 12.1. The van der Waals surface area contributed by atoms with Crippen molar-refractivity contribution in [3.05, 3.63) is 0 Å². The van der Waals surface area contributed by atoms with Crippen molar-refractivity contribution in [3.63, 3.8) is 0 Å². The molecule has 0 fully saturated rings. The fourth-order valence-corrected chi connectivity index (χ4v) is 1.62. The van der Waals surface area contributed by atoms with Crippen LogP contribution in [0.25, 0.3) is 0 Å². The van der Waals surface area contributed by atoms with Crippen LogP contribution in [0.4, 0.5) is 0 Å². The standard InChI is InChI=1S/C12H25NO3Si/c1-8-9-10(13-16-12(2,3)4)11(14)15-17(5,6)7/h8-9H2,1-7H3/b13-10+. The summed E-state index contributed by atoms with van der Waals surface area (Å²) in [5.41, 5.74) is -0.0110. The molecule has 0 rings (SSSR count). The van der Waals surface area contributed by atoms with Crippen LogP contribution in [-0.2, 0) is 14.1 Å².